The molecule has 11 heteroatoms. The van der Waals surface area contributed by atoms with Gasteiger partial charge in [0.2, 0.25) is 5.91 Å². The standard InChI is InChI=1S/C33H35N3O8/c1-6-18-43-31(40)22-10-9-11-23(19-22)34-32(41)36-27(20-28(37)44-33(2,3)4)30(39)35-26-13-8-7-12-25(26)29(38)21-14-16-24(42-5)17-15-21/h6-17,19,27H,1,18,20H2,2-5H3,(H,35,39)(H2,34,36,41). The molecule has 0 aliphatic carbocycles. The number of hydrogen-bond acceptors (Lipinski definition) is 8. The number of anilines is 2. The smallest absolute Gasteiger partial charge is 0.338 e. The minimum Gasteiger partial charge on any atom is -0.497 e. The summed E-state index contributed by atoms with van der Waals surface area (Å²) < 4.78 is 15.5. The Kier molecular flexibility index (Phi) is 11.4. The Labute approximate surface area is 255 Å². The molecule has 0 heterocycles. The van der Waals surface area contributed by atoms with Crippen molar-refractivity contribution in [1.82, 2.24) is 5.32 Å². The number of amides is 3. The molecule has 3 N–H and O–H groups in total. The normalized spacial score (nSPS) is 11.4. The van der Waals surface area contributed by atoms with E-state index in [4.69, 9.17) is 14.2 Å². The number of carbonyl (C=O) groups is 5. The summed E-state index contributed by atoms with van der Waals surface area (Å²) in [6.45, 7) is 8.54. The fourth-order valence-corrected chi connectivity index (χ4v) is 3.93. The Morgan fingerprint density at radius 2 is 1.59 bits per heavy atom. The van der Waals surface area contributed by atoms with Crippen molar-refractivity contribution < 1.29 is 38.2 Å². The monoisotopic (exact) mass is 601 g/mol. The lowest BCUT2D eigenvalue weighted by atomic mass is 10.0. The van der Waals surface area contributed by atoms with Crippen LogP contribution in [0.3, 0.4) is 0 Å². The zero-order valence-corrected chi connectivity index (χ0v) is 25.0. The van der Waals surface area contributed by atoms with Crippen molar-refractivity contribution in [3.8, 4) is 5.75 Å². The third kappa shape index (κ3) is 9.83. The number of carbonyl (C=O) groups excluding carboxylic acids is 5. The lowest BCUT2D eigenvalue weighted by Gasteiger charge is -2.23. The van der Waals surface area contributed by atoms with Crippen LogP contribution in [-0.2, 0) is 19.1 Å². The van der Waals surface area contributed by atoms with Crippen LogP contribution in [0.1, 0.15) is 53.5 Å². The van der Waals surface area contributed by atoms with Crippen LogP contribution in [0.2, 0.25) is 0 Å². The minimum atomic E-state index is -1.39. The summed E-state index contributed by atoms with van der Waals surface area (Å²) in [6.07, 6.45) is 0.926. The van der Waals surface area contributed by atoms with Crippen molar-refractivity contribution >= 4 is 41.0 Å². The molecule has 0 fully saturated rings. The molecule has 0 saturated heterocycles. The van der Waals surface area contributed by atoms with E-state index in [0.29, 0.717) is 11.3 Å². The molecule has 3 aromatic rings. The summed E-state index contributed by atoms with van der Waals surface area (Å²) in [5.74, 6) is -1.88. The Bertz CT molecular complexity index is 1530. The van der Waals surface area contributed by atoms with Gasteiger partial charge in [-0.15, -0.1) is 0 Å². The van der Waals surface area contributed by atoms with Gasteiger partial charge in [0, 0.05) is 16.8 Å². The fourth-order valence-electron chi connectivity index (χ4n) is 3.93. The molecule has 0 aliphatic heterocycles. The Balaban J connectivity index is 1.81. The molecule has 1 unspecified atom stereocenters. The number of rotatable bonds is 12. The van der Waals surface area contributed by atoms with E-state index < -0.39 is 41.9 Å². The Morgan fingerprint density at radius 1 is 0.886 bits per heavy atom. The SMILES string of the molecule is C=CCOC(=O)c1cccc(NC(=O)NC(CC(=O)OC(C)(C)C)C(=O)Nc2ccccc2C(=O)c2ccc(OC)cc2)c1. The van der Waals surface area contributed by atoms with Gasteiger partial charge >= 0.3 is 18.0 Å². The maximum Gasteiger partial charge on any atom is 0.338 e. The largest absolute Gasteiger partial charge is 0.497 e. The second kappa shape index (κ2) is 15.1. The van der Waals surface area contributed by atoms with Crippen LogP contribution in [0, 0.1) is 0 Å². The highest BCUT2D eigenvalue weighted by Gasteiger charge is 2.28. The van der Waals surface area contributed by atoms with Crippen LogP contribution in [0.4, 0.5) is 16.2 Å². The summed E-state index contributed by atoms with van der Waals surface area (Å²) in [7, 11) is 1.52. The van der Waals surface area contributed by atoms with Crippen molar-refractivity contribution in [3.63, 3.8) is 0 Å². The van der Waals surface area contributed by atoms with Gasteiger partial charge in [0.15, 0.2) is 5.78 Å². The van der Waals surface area contributed by atoms with E-state index in [0.717, 1.165) is 0 Å². The Morgan fingerprint density at radius 3 is 2.25 bits per heavy atom. The van der Waals surface area contributed by atoms with Crippen molar-refractivity contribution in [2.75, 3.05) is 24.4 Å². The lowest BCUT2D eigenvalue weighted by molar-refractivity contribution is -0.156. The van der Waals surface area contributed by atoms with Gasteiger partial charge in [-0.05, 0) is 75.4 Å². The van der Waals surface area contributed by atoms with E-state index in [2.05, 4.69) is 22.5 Å². The third-order valence-corrected chi connectivity index (χ3v) is 5.88. The van der Waals surface area contributed by atoms with Crippen molar-refractivity contribution in [2.24, 2.45) is 0 Å². The molecular weight excluding hydrogens is 566 g/mol. The predicted molar refractivity (Wildman–Crippen MR) is 165 cm³/mol. The molecule has 44 heavy (non-hydrogen) atoms. The van der Waals surface area contributed by atoms with Crippen molar-refractivity contribution in [2.45, 2.75) is 38.8 Å². The molecule has 0 aliphatic rings. The van der Waals surface area contributed by atoms with Gasteiger partial charge in [-0.2, -0.15) is 0 Å². The topological polar surface area (TPSA) is 149 Å². The van der Waals surface area contributed by atoms with Gasteiger partial charge in [0.05, 0.1) is 24.8 Å². The molecule has 0 radical (unpaired) electrons. The van der Waals surface area contributed by atoms with Crippen molar-refractivity contribution in [3.05, 3.63) is 102 Å². The number of hydrogen-bond donors (Lipinski definition) is 3. The molecule has 1 atom stereocenters. The van der Waals surface area contributed by atoms with Crippen LogP contribution in [-0.4, -0.2) is 55.0 Å². The number of methoxy groups -OCH3 is 1. The first-order valence-electron chi connectivity index (χ1n) is 13.7. The minimum absolute atomic E-state index is 0.0211. The number of nitrogens with one attached hydrogen (secondary N) is 3. The first kappa shape index (κ1) is 33.1. The molecule has 230 valence electrons. The molecular formula is C33H35N3O8. The quantitative estimate of drug-likeness (QED) is 0.147. The van der Waals surface area contributed by atoms with E-state index in [1.807, 2.05) is 0 Å². The van der Waals surface area contributed by atoms with Crippen LogP contribution < -0.4 is 20.7 Å². The number of ketones is 1. The molecule has 3 amide bonds. The molecule has 0 aromatic heterocycles. The number of urea groups is 1. The zero-order chi connectivity index (χ0) is 32.3. The molecule has 3 aromatic carbocycles. The van der Waals surface area contributed by atoms with Gasteiger partial charge in [0.25, 0.3) is 0 Å². The summed E-state index contributed by atoms with van der Waals surface area (Å²) >= 11 is 0. The Hall–Kier alpha value is -5.45. The van der Waals surface area contributed by atoms with Gasteiger partial charge < -0.3 is 30.2 Å². The maximum absolute atomic E-state index is 13.5. The third-order valence-electron chi connectivity index (χ3n) is 5.88. The molecule has 0 spiro atoms. The summed E-state index contributed by atoms with van der Waals surface area (Å²) in [6, 6.07) is 16.6. The van der Waals surface area contributed by atoms with E-state index in [9.17, 15) is 24.0 Å². The van der Waals surface area contributed by atoms with Gasteiger partial charge in [0.1, 0.15) is 24.0 Å². The average Bonchev–Trinajstić information content (AvgIpc) is 2.98. The van der Waals surface area contributed by atoms with Crippen LogP contribution >= 0.6 is 0 Å². The number of esters is 2. The zero-order valence-electron chi connectivity index (χ0n) is 25.0. The summed E-state index contributed by atoms with van der Waals surface area (Å²) in [5, 5.41) is 7.70. The highest BCUT2D eigenvalue weighted by Crippen LogP contribution is 2.22. The second-order valence-corrected chi connectivity index (χ2v) is 10.5. The van der Waals surface area contributed by atoms with Gasteiger partial charge in [-0.1, -0.05) is 30.9 Å². The van der Waals surface area contributed by atoms with E-state index in [1.165, 1.54) is 37.5 Å². The second-order valence-electron chi connectivity index (χ2n) is 10.5. The molecule has 0 bridgehead atoms. The van der Waals surface area contributed by atoms with Crippen LogP contribution in [0.15, 0.2) is 85.5 Å². The van der Waals surface area contributed by atoms with Crippen LogP contribution in [0.5, 0.6) is 5.75 Å². The highest BCUT2D eigenvalue weighted by molar-refractivity contribution is 6.14. The molecule has 3 rings (SSSR count). The fraction of sp³-hybridized carbons (Fsp3) is 0.242. The summed E-state index contributed by atoms with van der Waals surface area (Å²) in [4.78, 5) is 64.6. The average molecular weight is 602 g/mol. The van der Waals surface area contributed by atoms with Crippen molar-refractivity contribution in [1.29, 1.82) is 0 Å². The lowest BCUT2D eigenvalue weighted by Crippen LogP contribution is -2.47. The first-order valence-corrected chi connectivity index (χ1v) is 13.7. The van der Waals surface area contributed by atoms with E-state index in [-0.39, 0.29) is 34.9 Å². The number of benzene rings is 3. The summed E-state index contributed by atoms with van der Waals surface area (Å²) in [5.41, 5.74) is 0.338. The number of para-hydroxylation sites is 1. The highest BCUT2D eigenvalue weighted by atomic mass is 16.6. The van der Waals surface area contributed by atoms with Gasteiger partial charge in [-0.3, -0.25) is 14.4 Å². The van der Waals surface area contributed by atoms with Gasteiger partial charge in [-0.25, -0.2) is 9.59 Å². The maximum atomic E-state index is 13.5. The van der Waals surface area contributed by atoms with E-state index in [1.54, 1.807) is 69.3 Å². The molecule has 11 nitrogen and oxygen atoms in total. The predicted octanol–water partition coefficient (Wildman–Crippen LogP) is 5.13. The first-order chi connectivity index (χ1) is 20.9. The number of ether oxygens (including phenoxy) is 3. The molecule has 0 saturated carbocycles. The van der Waals surface area contributed by atoms with E-state index >= 15 is 0 Å². The van der Waals surface area contributed by atoms with Crippen LogP contribution in [0.25, 0.3) is 0 Å².